The van der Waals surface area contributed by atoms with Gasteiger partial charge < -0.3 is 14.2 Å². The fourth-order valence-electron chi connectivity index (χ4n) is 0. The second-order valence-electron chi connectivity index (χ2n) is 0.673. The maximum atomic E-state index is 9.47. The fraction of sp³-hybridized carbons (Fsp3) is 0. The Balaban J connectivity index is -0.000000125. The Labute approximate surface area is 90.5 Å². The van der Waals surface area contributed by atoms with E-state index in [4.69, 9.17) is 9.79 Å². The minimum atomic E-state index is -4.15. The van der Waals surface area contributed by atoms with E-state index < -0.39 is 7.82 Å². The zero-order valence-corrected chi connectivity index (χ0v) is 8.80. The van der Waals surface area contributed by atoms with Crippen molar-refractivity contribution in [2.45, 2.75) is 0 Å². The number of hydrogen-bond donors (Lipinski definition) is 2. The van der Waals surface area contributed by atoms with Crippen molar-refractivity contribution in [3.05, 3.63) is 0 Å². The summed E-state index contributed by atoms with van der Waals surface area (Å²) >= 11 is 0. The minimum absolute atomic E-state index is 0. The molecule has 0 atom stereocenters. The second-order valence-corrected chi connectivity index (χ2v) is 2.02. The molecule has 0 rings (SSSR count). The van der Waals surface area contributed by atoms with Crippen LogP contribution in [0.2, 0.25) is 0 Å². The normalized spacial score (nSPS) is 8.75. The molecule has 0 aliphatic heterocycles. The summed E-state index contributed by atoms with van der Waals surface area (Å²) in [5.74, 6) is 0. The van der Waals surface area contributed by atoms with E-state index in [0.29, 0.717) is 0 Å². The molecule has 0 bridgehead atoms. The predicted molar refractivity (Wildman–Crippen MR) is 28.8 cm³/mol. The quantitative estimate of drug-likeness (QED) is 0.414. The van der Waals surface area contributed by atoms with E-state index in [1.165, 1.54) is 0 Å². The molecule has 0 spiro atoms. The van der Waals surface area contributed by atoms with Crippen LogP contribution in [0, 0.1) is 0 Å². The van der Waals surface area contributed by atoms with Gasteiger partial charge in [-0.25, -0.2) is 4.57 Å². The molecule has 0 saturated carbocycles. The molecule has 0 aromatic carbocycles. The molecule has 40 valence electrons. The Bertz CT molecular complexity index is 80.1. The second kappa shape index (κ2) is 7.21. The van der Waals surface area contributed by atoms with Crippen molar-refractivity contribution in [3.63, 3.8) is 0 Å². The standard InChI is InChI=1S/BH4O4P.Cd.Na.H/c1-5-6(2,3)4;;;/h1H2,(H2,2,3,4);;;. The molecule has 0 saturated heterocycles. The summed E-state index contributed by atoms with van der Waals surface area (Å²) in [5.41, 5.74) is 0. The number of hydrogen-bond acceptors (Lipinski definition) is 2. The predicted octanol–water partition coefficient (Wildman–Crippen LogP) is -2.01. The molecule has 0 unspecified atom stereocenters. The first kappa shape index (κ1) is 16.6. The van der Waals surface area contributed by atoms with Crippen LogP contribution in [0.5, 0.6) is 0 Å². The molecule has 0 aliphatic rings. The van der Waals surface area contributed by atoms with Crippen molar-refractivity contribution in [1.29, 1.82) is 0 Å². The SMILES string of the molecule is BOP(=O)(O)O.[Cd].[NaH]. The first-order chi connectivity index (χ1) is 2.56. The van der Waals surface area contributed by atoms with Crippen molar-refractivity contribution in [1.82, 2.24) is 0 Å². The van der Waals surface area contributed by atoms with Gasteiger partial charge in [0.05, 0.1) is 0 Å². The first-order valence-electron chi connectivity index (χ1n) is 1.17. The van der Waals surface area contributed by atoms with Gasteiger partial charge in [-0.1, -0.05) is 0 Å². The molecule has 0 fully saturated rings. The topological polar surface area (TPSA) is 66.8 Å². The van der Waals surface area contributed by atoms with Gasteiger partial charge in [0.15, 0.2) is 0 Å². The number of phosphoric acid groups is 1. The first-order valence-corrected chi connectivity index (χ1v) is 2.70. The molecular formula is H5BCdNaO4P. The molecule has 4 nitrogen and oxygen atoms in total. The third kappa shape index (κ3) is 15.7. The van der Waals surface area contributed by atoms with Crippen LogP contribution in [0.3, 0.4) is 0 Å². The summed E-state index contributed by atoms with van der Waals surface area (Å²) in [5, 5.41) is 0. The zero-order valence-electron chi connectivity index (χ0n) is 3.87. The van der Waals surface area contributed by atoms with Crippen molar-refractivity contribution in [2.24, 2.45) is 0 Å². The van der Waals surface area contributed by atoms with Crippen LogP contribution in [0.15, 0.2) is 0 Å². The molecule has 2 N–H and O–H groups in total. The van der Waals surface area contributed by atoms with Gasteiger partial charge >= 0.3 is 37.4 Å². The Morgan fingerprint density at radius 3 is 1.62 bits per heavy atom. The Kier molecular flexibility index (Phi) is 14.9. The van der Waals surface area contributed by atoms with E-state index in [1.807, 2.05) is 0 Å². The summed E-state index contributed by atoms with van der Waals surface area (Å²) in [7, 11) is -3.20. The molecular weight excluding hydrogens is 241 g/mol. The number of rotatable bonds is 1. The van der Waals surface area contributed by atoms with Crippen molar-refractivity contribution < 1.29 is 46.1 Å². The van der Waals surface area contributed by atoms with Crippen molar-refractivity contribution >= 4 is 45.4 Å². The Hall–Kier alpha value is 2.10. The van der Waals surface area contributed by atoms with Gasteiger partial charge in [0, 0.05) is 27.3 Å². The van der Waals surface area contributed by atoms with E-state index in [1.54, 1.807) is 0 Å². The Morgan fingerprint density at radius 1 is 1.50 bits per heavy atom. The van der Waals surface area contributed by atoms with Crippen LogP contribution in [0.4, 0.5) is 0 Å². The van der Waals surface area contributed by atoms with E-state index >= 15 is 0 Å². The molecule has 0 radical (unpaired) electrons. The maximum absolute atomic E-state index is 9.47. The van der Waals surface area contributed by atoms with Gasteiger partial charge in [-0.3, -0.25) is 0 Å². The van der Waals surface area contributed by atoms with Crippen molar-refractivity contribution in [3.8, 4) is 0 Å². The van der Waals surface area contributed by atoms with E-state index in [2.05, 4.69) is 4.44 Å². The average Bonchev–Trinajstić information content (AvgIpc) is 1.35. The molecule has 0 amide bonds. The van der Waals surface area contributed by atoms with Gasteiger partial charge in [-0.2, -0.15) is 0 Å². The Morgan fingerprint density at radius 2 is 1.62 bits per heavy atom. The summed E-state index contributed by atoms with van der Waals surface area (Å²) in [4.78, 5) is 15.4. The third-order valence-corrected chi connectivity index (χ3v) is 0.714. The summed E-state index contributed by atoms with van der Waals surface area (Å²) in [6, 6.07) is 0. The molecule has 8 heavy (non-hydrogen) atoms. The van der Waals surface area contributed by atoms with Crippen LogP contribution in [-0.4, -0.2) is 47.4 Å². The van der Waals surface area contributed by atoms with Crippen LogP contribution in [0.1, 0.15) is 0 Å². The van der Waals surface area contributed by atoms with Gasteiger partial charge in [0.2, 0.25) is 0 Å². The summed E-state index contributed by atoms with van der Waals surface area (Å²) in [6.45, 7) is 0. The molecule has 0 heterocycles. The molecule has 0 aliphatic carbocycles. The average molecular weight is 246 g/mol. The molecule has 8 heteroatoms. The third-order valence-electron chi connectivity index (χ3n) is 0.238. The van der Waals surface area contributed by atoms with E-state index in [9.17, 15) is 4.57 Å². The van der Waals surface area contributed by atoms with Crippen LogP contribution >= 0.6 is 7.82 Å². The van der Waals surface area contributed by atoms with Crippen molar-refractivity contribution in [2.75, 3.05) is 0 Å². The fourth-order valence-corrected chi connectivity index (χ4v) is 0. The van der Waals surface area contributed by atoms with E-state index in [0.717, 1.165) is 8.05 Å². The van der Waals surface area contributed by atoms with Gasteiger partial charge in [-0.15, -0.1) is 0 Å². The van der Waals surface area contributed by atoms with Gasteiger partial charge in [0.25, 0.3) is 8.05 Å². The van der Waals surface area contributed by atoms with Gasteiger partial charge in [0.1, 0.15) is 0 Å². The summed E-state index contributed by atoms with van der Waals surface area (Å²) < 4.78 is 13.1. The summed E-state index contributed by atoms with van der Waals surface area (Å²) in [6.07, 6.45) is 0. The van der Waals surface area contributed by atoms with E-state index in [-0.39, 0.29) is 56.9 Å². The van der Waals surface area contributed by atoms with Gasteiger partial charge in [-0.05, 0) is 0 Å². The zero-order chi connectivity index (χ0) is 5.21. The molecule has 0 aromatic rings. The van der Waals surface area contributed by atoms with Crippen LogP contribution < -0.4 is 0 Å². The monoisotopic (exact) mass is 248 g/mol. The van der Waals surface area contributed by atoms with Crippen LogP contribution in [0.25, 0.3) is 0 Å². The molecule has 0 aromatic heterocycles. The van der Waals surface area contributed by atoms with Crippen LogP contribution in [-0.2, 0) is 36.3 Å².